The Balaban J connectivity index is 1.36. The van der Waals surface area contributed by atoms with Gasteiger partial charge in [0.25, 0.3) is 0 Å². The number of benzene rings is 1. The molecule has 2 aromatic heterocycles. The highest BCUT2D eigenvalue weighted by molar-refractivity contribution is 6.33. The summed E-state index contributed by atoms with van der Waals surface area (Å²) in [6.45, 7) is 2.51. The van der Waals surface area contributed by atoms with Crippen molar-refractivity contribution in [1.82, 2.24) is 14.5 Å². The summed E-state index contributed by atoms with van der Waals surface area (Å²) in [7, 11) is 0. The SMILES string of the molecule is O=C(O)C1CCCC(C(=O)Nc2cc(-c3ccc4ncn(CC5CCOCC5)c4c3)c(Cl)cn2)C1. The van der Waals surface area contributed by atoms with E-state index in [1.165, 1.54) is 6.20 Å². The van der Waals surface area contributed by atoms with Crippen LogP contribution in [0.2, 0.25) is 5.02 Å². The van der Waals surface area contributed by atoms with Crippen LogP contribution in [-0.4, -0.2) is 44.7 Å². The normalized spacial score (nSPS) is 21.2. The molecule has 0 bridgehead atoms. The zero-order valence-electron chi connectivity index (χ0n) is 19.5. The van der Waals surface area contributed by atoms with Crippen molar-refractivity contribution in [2.75, 3.05) is 18.5 Å². The number of carboxylic acid groups (broad SMARTS) is 1. The van der Waals surface area contributed by atoms with Crippen LogP contribution in [0.4, 0.5) is 5.82 Å². The van der Waals surface area contributed by atoms with Gasteiger partial charge in [-0.1, -0.05) is 24.1 Å². The second kappa shape index (κ2) is 10.3. The van der Waals surface area contributed by atoms with E-state index in [2.05, 4.69) is 25.9 Å². The highest BCUT2D eigenvalue weighted by Crippen LogP contribution is 2.33. The van der Waals surface area contributed by atoms with Crippen molar-refractivity contribution < 1.29 is 19.4 Å². The number of hydrogen-bond acceptors (Lipinski definition) is 5. The Bertz CT molecular complexity index is 1240. The summed E-state index contributed by atoms with van der Waals surface area (Å²) in [4.78, 5) is 33.1. The molecule has 1 aliphatic heterocycles. The number of carbonyl (C=O) groups is 2. The summed E-state index contributed by atoms with van der Waals surface area (Å²) < 4.78 is 7.68. The first-order chi connectivity index (χ1) is 17.0. The molecule has 9 heteroatoms. The van der Waals surface area contributed by atoms with Crippen LogP contribution in [-0.2, 0) is 20.9 Å². The Morgan fingerprint density at radius 3 is 2.71 bits per heavy atom. The number of fused-ring (bicyclic) bond motifs is 1. The molecule has 1 aromatic carbocycles. The average molecular weight is 497 g/mol. The standard InChI is InChI=1S/C26H29ClN4O4/c27-21-13-28-24(30-25(32)18-2-1-3-19(10-18)26(33)34)12-20(21)17-4-5-22-23(11-17)31(15-29-22)14-16-6-8-35-9-7-16/h4-5,11-13,15-16,18-19H,1-3,6-10,14H2,(H,33,34)(H,28,30,32). The first-order valence-electron chi connectivity index (χ1n) is 12.2. The van der Waals surface area contributed by atoms with Crippen LogP contribution in [0.25, 0.3) is 22.2 Å². The summed E-state index contributed by atoms with van der Waals surface area (Å²) in [5.74, 6) is -0.852. The van der Waals surface area contributed by atoms with E-state index < -0.39 is 11.9 Å². The number of anilines is 1. The van der Waals surface area contributed by atoms with Crippen molar-refractivity contribution in [2.45, 2.75) is 45.1 Å². The lowest BCUT2D eigenvalue weighted by molar-refractivity contribution is -0.143. The lowest BCUT2D eigenvalue weighted by atomic mass is 9.81. The minimum Gasteiger partial charge on any atom is -0.481 e. The second-order valence-corrected chi connectivity index (χ2v) is 10.0. The van der Waals surface area contributed by atoms with Crippen molar-refractivity contribution >= 4 is 40.3 Å². The monoisotopic (exact) mass is 496 g/mol. The van der Waals surface area contributed by atoms with Crippen molar-refractivity contribution in [2.24, 2.45) is 17.8 Å². The molecular weight excluding hydrogens is 468 g/mol. The molecule has 1 amide bonds. The molecule has 0 spiro atoms. The fraction of sp³-hybridized carbons (Fsp3) is 0.462. The first kappa shape index (κ1) is 23.8. The average Bonchev–Trinajstić information content (AvgIpc) is 3.27. The number of carbonyl (C=O) groups excluding carboxylic acids is 1. The molecule has 2 N–H and O–H groups in total. The second-order valence-electron chi connectivity index (χ2n) is 9.59. The lowest BCUT2D eigenvalue weighted by Gasteiger charge is -2.25. The third-order valence-corrected chi connectivity index (χ3v) is 7.53. The van der Waals surface area contributed by atoms with E-state index in [-0.39, 0.29) is 11.8 Å². The number of rotatable bonds is 6. The molecule has 184 valence electrons. The molecule has 2 atom stereocenters. The van der Waals surface area contributed by atoms with Crippen molar-refractivity contribution in [1.29, 1.82) is 0 Å². The topological polar surface area (TPSA) is 106 Å². The Hall–Kier alpha value is -2.97. The number of nitrogens with zero attached hydrogens (tertiary/aromatic N) is 3. The van der Waals surface area contributed by atoms with Gasteiger partial charge in [0.05, 0.1) is 28.3 Å². The number of halogens is 1. The van der Waals surface area contributed by atoms with Crippen molar-refractivity contribution in [3.05, 3.63) is 41.8 Å². The van der Waals surface area contributed by atoms with Crippen LogP contribution in [0, 0.1) is 17.8 Å². The van der Waals surface area contributed by atoms with Gasteiger partial charge in [-0.15, -0.1) is 0 Å². The van der Waals surface area contributed by atoms with E-state index in [0.29, 0.717) is 36.0 Å². The van der Waals surface area contributed by atoms with Gasteiger partial charge in [-0.2, -0.15) is 0 Å². The summed E-state index contributed by atoms with van der Waals surface area (Å²) in [5.41, 5.74) is 3.64. The summed E-state index contributed by atoms with van der Waals surface area (Å²) in [5, 5.41) is 12.7. The number of aromatic nitrogens is 3. The summed E-state index contributed by atoms with van der Waals surface area (Å²) >= 11 is 6.51. The fourth-order valence-corrected chi connectivity index (χ4v) is 5.40. The Labute approximate surface area is 208 Å². The molecule has 1 saturated carbocycles. The molecule has 1 saturated heterocycles. The maximum atomic E-state index is 12.8. The van der Waals surface area contributed by atoms with Crippen LogP contribution < -0.4 is 5.32 Å². The number of ether oxygens (including phenoxy) is 1. The van der Waals surface area contributed by atoms with Gasteiger partial charge < -0.3 is 19.7 Å². The maximum Gasteiger partial charge on any atom is 0.306 e. The predicted octanol–water partition coefficient (Wildman–Crippen LogP) is 5.01. The number of imidazole rings is 1. The van der Waals surface area contributed by atoms with E-state index in [1.807, 2.05) is 18.5 Å². The van der Waals surface area contributed by atoms with Crippen LogP contribution in [0.1, 0.15) is 38.5 Å². The fourth-order valence-electron chi connectivity index (χ4n) is 5.19. The van der Waals surface area contributed by atoms with Crippen LogP contribution in [0.15, 0.2) is 36.8 Å². The molecule has 2 unspecified atom stereocenters. The molecule has 3 aromatic rings. The van der Waals surface area contributed by atoms with Gasteiger partial charge in [-0.05, 0) is 61.8 Å². The number of nitrogens with one attached hydrogen (secondary N) is 1. The maximum absolute atomic E-state index is 12.8. The Morgan fingerprint density at radius 2 is 1.91 bits per heavy atom. The minimum absolute atomic E-state index is 0.193. The molecule has 2 fully saturated rings. The number of pyridine rings is 1. The van der Waals surface area contributed by atoms with Gasteiger partial charge in [0.2, 0.25) is 5.91 Å². The quantitative estimate of drug-likeness (QED) is 0.497. The number of amides is 1. The van der Waals surface area contributed by atoms with Crippen LogP contribution in [0.5, 0.6) is 0 Å². The van der Waals surface area contributed by atoms with Gasteiger partial charge in [-0.25, -0.2) is 9.97 Å². The van der Waals surface area contributed by atoms with E-state index >= 15 is 0 Å². The van der Waals surface area contributed by atoms with E-state index in [9.17, 15) is 14.7 Å². The molecule has 3 heterocycles. The first-order valence-corrected chi connectivity index (χ1v) is 12.6. The summed E-state index contributed by atoms with van der Waals surface area (Å²) in [6.07, 6.45) is 7.92. The zero-order valence-corrected chi connectivity index (χ0v) is 20.2. The van der Waals surface area contributed by atoms with Crippen LogP contribution in [0.3, 0.4) is 0 Å². The van der Waals surface area contributed by atoms with Crippen molar-refractivity contribution in [3.8, 4) is 11.1 Å². The third kappa shape index (κ3) is 5.33. The highest BCUT2D eigenvalue weighted by atomic mass is 35.5. The zero-order chi connectivity index (χ0) is 24.4. The predicted molar refractivity (Wildman–Crippen MR) is 133 cm³/mol. The molecule has 1 aliphatic carbocycles. The molecular formula is C26H29ClN4O4. The van der Waals surface area contributed by atoms with Gasteiger partial charge >= 0.3 is 5.97 Å². The molecule has 0 radical (unpaired) electrons. The minimum atomic E-state index is -0.833. The molecule has 5 rings (SSSR count). The highest BCUT2D eigenvalue weighted by Gasteiger charge is 2.31. The smallest absolute Gasteiger partial charge is 0.306 e. The number of hydrogen-bond donors (Lipinski definition) is 2. The van der Waals surface area contributed by atoms with E-state index in [1.54, 1.807) is 6.07 Å². The molecule has 2 aliphatic rings. The molecule has 35 heavy (non-hydrogen) atoms. The third-order valence-electron chi connectivity index (χ3n) is 7.23. The van der Waals surface area contributed by atoms with Gasteiger partial charge in [-0.3, -0.25) is 9.59 Å². The Kier molecular flexibility index (Phi) is 7.02. The number of aliphatic carboxylic acids is 1. The van der Waals surface area contributed by atoms with Gasteiger partial charge in [0, 0.05) is 37.4 Å². The van der Waals surface area contributed by atoms with Gasteiger partial charge in [0.15, 0.2) is 0 Å². The van der Waals surface area contributed by atoms with Gasteiger partial charge in [0.1, 0.15) is 5.82 Å². The summed E-state index contributed by atoms with van der Waals surface area (Å²) in [6, 6.07) is 7.80. The van der Waals surface area contributed by atoms with Crippen LogP contribution >= 0.6 is 11.6 Å². The largest absolute Gasteiger partial charge is 0.481 e. The Morgan fingerprint density at radius 1 is 1.11 bits per heavy atom. The van der Waals surface area contributed by atoms with E-state index in [0.717, 1.165) is 61.2 Å². The van der Waals surface area contributed by atoms with E-state index in [4.69, 9.17) is 16.3 Å². The molecule has 8 nitrogen and oxygen atoms in total. The van der Waals surface area contributed by atoms with Crippen molar-refractivity contribution in [3.63, 3.8) is 0 Å². The number of carboxylic acids is 1. The lowest BCUT2D eigenvalue weighted by Crippen LogP contribution is -2.31.